The van der Waals surface area contributed by atoms with Gasteiger partial charge in [0.25, 0.3) is 5.91 Å². The van der Waals surface area contributed by atoms with Gasteiger partial charge in [-0.25, -0.2) is 19.3 Å². The maximum absolute atomic E-state index is 13.2. The molecule has 0 spiro atoms. The maximum atomic E-state index is 13.2. The molecule has 1 saturated heterocycles. The van der Waals surface area contributed by atoms with E-state index in [1.807, 2.05) is 19.1 Å². The first-order valence-electron chi connectivity index (χ1n) is 13.6. The highest BCUT2D eigenvalue weighted by molar-refractivity contribution is 7.17. The summed E-state index contributed by atoms with van der Waals surface area (Å²) in [5.41, 5.74) is 2.56. The highest BCUT2D eigenvalue weighted by Gasteiger charge is 2.35. The molecular weight excluding hydrogens is 609 g/mol. The number of halogens is 2. The first-order chi connectivity index (χ1) is 21.3. The van der Waals surface area contributed by atoms with Gasteiger partial charge < -0.3 is 29.9 Å². The number of aromatic nitrogens is 3. The van der Waals surface area contributed by atoms with E-state index >= 15 is 0 Å². The van der Waals surface area contributed by atoms with E-state index in [1.165, 1.54) is 12.3 Å². The standard InChI is InChI=1S/C30H27ClFN7O4S/c1-3-25(40)38-9-10-39-19(14-38)15-42-23-11-18(12-33-28(23)39)21-7-8-22(43-16-32)27(35-21)37-30-34-13-24(44-30)29(41)36-26-17(2)5-4-6-20(26)31/h3-8,11-13,19H,1,9-10,14-16H2,2H3,(H,36,41)(H,34,35,37). The molecule has 0 bridgehead atoms. The van der Waals surface area contributed by atoms with Crippen LogP contribution in [0.15, 0.2) is 61.4 Å². The van der Waals surface area contributed by atoms with Crippen molar-refractivity contribution in [2.75, 3.05) is 48.6 Å². The van der Waals surface area contributed by atoms with Crippen molar-refractivity contribution in [3.8, 4) is 22.8 Å². The second-order valence-corrected chi connectivity index (χ2v) is 11.5. The van der Waals surface area contributed by atoms with Crippen LogP contribution in [0.3, 0.4) is 0 Å². The molecule has 4 aromatic rings. The molecule has 2 aliphatic heterocycles. The lowest BCUT2D eigenvalue weighted by Crippen LogP contribution is -2.58. The van der Waals surface area contributed by atoms with E-state index in [-0.39, 0.29) is 29.4 Å². The predicted molar refractivity (Wildman–Crippen MR) is 167 cm³/mol. The topological polar surface area (TPSA) is 122 Å². The summed E-state index contributed by atoms with van der Waals surface area (Å²) in [6, 6.07) is 10.5. The fourth-order valence-corrected chi connectivity index (χ4v) is 6.05. The number of carbonyl (C=O) groups is 2. The first kappa shape index (κ1) is 29.3. The highest BCUT2D eigenvalue weighted by Crippen LogP contribution is 2.38. The summed E-state index contributed by atoms with van der Waals surface area (Å²) >= 11 is 7.35. The van der Waals surface area contributed by atoms with Crippen LogP contribution < -0.4 is 25.0 Å². The fourth-order valence-electron chi connectivity index (χ4n) is 5.07. The molecule has 1 atom stereocenters. The molecule has 1 aromatic carbocycles. The van der Waals surface area contributed by atoms with Crippen molar-refractivity contribution in [1.82, 2.24) is 19.9 Å². The number of hydrogen-bond donors (Lipinski definition) is 2. The van der Waals surface area contributed by atoms with Crippen LogP contribution in [0.25, 0.3) is 11.3 Å². The molecule has 2 N–H and O–H groups in total. The van der Waals surface area contributed by atoms with Gasteiger partial charge in [0, 0.05) is 31.4 Å². The monoisotopic (exact) mass is 635 g/mol. The van der Waals surface area contributed by atoms with Crippen LogP contribution in [0.5, 0.6) is 11.5 Å². The van der Waals surface area contributed by atoms with Gasteiger partial charge in [0.2, 0.25) is 12.8 Å². The van der Waals surface area contributed by atoms with Crippen LogP contribution in [-0.4, -0.2) is 70.8 Å². The third kappa shape index (κ3) is 5.88. The van der Waals surface area contributed by atoms with Crippen LogP contribution >= 0.6 is 22.9 Å². The number of nitrogens with one attached hydrogen (secondary N) is 2. The first-order valence-corrected chi connectivity index (χ1v) is 14.8. The van der Waals surface area contributed by atoms with Crippen molar-refractivity contribution >= 4 is 57.2 Å². The van der Waals surface area contributed by atoms with Gasteiger partial charge in [-0.05, 0) is 42.8 Å². The number of hydrogen-bond acceptors (Lipinski definition) is 10. The predicted octanol–water partition coefficient (Wildman–Crippen LogP) is 5.46. The molecule has 3 aromatic heterocycles. The third-order valence-electron chi connectivity index (χ3n) is 7.28. The molecule has 11 nitrogen and oxygen atoms in total. The number of rotatable bonds is 8. The number of pyridine rings is 2. The van der Waals surface area contributed by atoms with E-state index in [2.05, 4.69) is 37.1 Å². The molecule has 226 valence electrons. The number of amides is 2. The molecule has 6 rings (SSSR count). The average Bonchev–Trinajstić information content (AvgIpc) is 3.51. The number of benzene rings is 1. The van der Waals surface area contributed by atoms with E-state index in [0.29, 0.717) is 69.8 Å². The zero-order valence-corrected chi connectivity index (χ0v) is 25.1. The van der Waals surface area contributed by atoms with Crippen molar-refractivity contribution in [3.63, 3.8) is 0 Å². The fraction of sp³-hybridized carbons (Fsp3) is 0.233. The zero-order valence-electron chi connectivity index (χ0n) is 23.5. The summed E-state index contributed by atoms with van der Waals surface area (Å²) in [6.07, 6.45) is 4.44. The van der Waals surface area contributed by atoms with Gasteiger partial charge in [-0.15, -0.1) is 0 Å². The van der Waals surface area contributed by atoms with Crippen molar-refractivity contribution in [2.45, 2.75) is 13.0 Å². The molecule has 14 heteroatoms. The number of alkyl halides is 1. The summed E-state index contributed by atoms with van der Waals surface area (Å²) in [6.45, 7) is 6.49. The number of ether oxygens (including phenoxy) is 2. The van der Waals surface area contributed by atoms with E-state index in [4.69, 9.17) is 21.1 Å². The van der Waals surface area contributed by atoms with Crippen LogP contribution in [0.2, 0.25) is 5.02 Å². The normalized spacial score (nSPS) is 15.5. The minimum atomic E-state index is -1.06. The van der Waals surface area contributed by atoms with Gasteiger partial charge in [0.15, 0.2) is 28.3 Å². The minimum Gasteiger partial charge on any atom is -0.487 e. The van der Waals surface area contributed by atoms with E-state index < -0.39 is 6.86 Å². The molecule has 0 aliphatic carbocycles. The Bertz CT molecular complexity index is 1730. The Morgan fingerprint density at radius 1 is 1.25 bits per heavy atom. The molecule has 2 amide bonds. The number of aryl methyl sites for hydroxylation is 1. The SMILES string of the molecule is C=CC(=O)N1CCN2c3ncc(-c4ccc(OCF)c(Nc5ncc(C(=O)Nc6c(C)cccc6Cl)s5)n4)cc3OCC2C1. The molecule has 2 aliphatic rings. The molecule has 44 heavy (non-hydrogen) atoms. The Kier molecular flexibility index (Phi) is 8.31. The number of thiazole rings is 1. The Balaban J connectivity index is 1.21. The number of nitrogens with zero attached hydrogens (tertiary/aromatic N) is 5. The number of piperazine rings is 1. The van der Waals surface area contributed by atoms with Crippen molar-refractivity contribution in [2.24, 2.45) is 0 Å². The summed E-state index contributed by atoms with van der Waals surface area (Å²) in [4.78, 5) is 42.8. The lowest BCUT2D eigenvalue weighted by Gasteiger charge is -2.44. The molecule has 5 heterocycles. The number of anilines is 4. The van der Waals surface area contributed by atoms with Gasteiger partial charge >= 0.3 is 0 Å². The molecular formula is C30H27ClFN7O4S. The van der Waals surface area contributed by atoms with Crippen LogP contribution in [-0.2, 0) is 4.79 Å². The van der Waals surface area contributed by atoms with E-state index in [0.717, 1.165) is 16.9 Å². The Hall–Kier alpha value is -4.75. The summed E-state index contributed by atoms with van der Waals surface area (Å²) in [7, 11) is 0. The largest absolute Gasteiger partial charge is 0.487 e. The summed E-state index contributed by atoms with van der Waals surface area (Å²) in [5.74, 6) is 1.22. The van der Waals surface area contributed by atoms with Crippen LogP contribution in [0.1, 0.15) is 15.2 Å². The van der Waals surface area contributed by atoms with Gasteiger partial charge in [-0.1, -0.05) is 41.6 Å². The van der Waals surface area contributed by atoms with Gasteiger partial charge in [-0.3, -0.25) is 9.59 Å². The van der Waals surface area contributed by atoms with Crippen molar-refractivity contribution in [3.05, 3.63) is 76.9 Å². The van der Waals surface area contributed by atoms with Gasteiger partial charge in [-0.2, -0.15) is 0 Å². The van der Waals surface area contributed by atoms with Gasteiger partial charge in [0.05, 0.1) is 28.6 Å². The third-order valence-corrected chi connectivity index (χ3v) is 8.51. The Morgan fingerprint density at radius 2 is 2.11 bits per heavy atom. The molecule has 1 unspecified atom stereocenters. The number of carbonyl (C=O) groups excluding carboxylic acids is 2. The van der Waals surface area contributed by atoms with Crippen LogP contribution in [0.4, 0.5) is 26.8 Å². The maximum Gasteiger partial charge on any atom is 0.267 e. The second-order valence-electron chi connectivity index (χ2n) is 10.0. The summed E-state index contributed by atoms with van der Waals surface area (Å²) < 4.78 is 24.4. The Morgan fingerprint density at radius 3 is 2.91 bits per heavy atom. The lowest BCUT2D eigenvalue weighted by molar-refractivity contribution is -0.127. The number of fused-ring (bicyclic) bond motifs is 3. The van der Waals surface area contributed by atoms with E-state index in [9.17, 15) is 14.0 Å². The summed E-state index contributed by atoms with van der Waals surface area (Å²) in [5, 5.41) is 6.65. The Labute approximate surface area is 261 Å². The molecule has 1 fully saturated rings. The average molecular weight is 636 g/mol. The lowest BCUT2D eigenvalue weighted by atomic mass is 10.1. The van der Waals surface area contributed by atoms with Crippen molar-refractivity contribution < 1.29 is 23.5 Å². The molecule has 0 radical (unpaired) electrons. The van der Waals surface area contributed by atoms with E-state index in [1.54, 1.807) is 35.4 Å². The minimum absolute atomic E-state index is 0.0106. The second kappa shape index (κ2) is 12.5. The highest BCUT2D eigenvalue weighted by atomic mass is 35.5. The van der Waals surface area contributed by atoms with Crippen LogP contribution in [0, 0.1) is 6.92 Å². The zero-order chi connectivity index (χ0) is 30.8. The smallest absolute Gasteiger partial charge is 0.267 e. The van der Waals surface area contributed by atoms with Gasteiger partial charge in [0.1, 0.15) is 11.5 Å². The number of para-hydroxylation sites is 1. The quantitative estimate of drug-likeness (QED) is 0.243. The van der Waals surface area contributed by atoms with Crippen molar-refractivity contribution in [1.29, 1.82) is 0 Å². The molecule has 0 saturated carbocycles.